The molecular formula is C16H14O4. The van der Waals surface area contributed by atoms with Crippen molar-refractivity contribution in [3.05, 3.63) is 60.7 Å². The molecule has 20 heavy (non-hydrogen) atoms. The number of aromatic hydroxyl groups is 4. The van der Waals surface area contributed by atoms with E-state index in [2.05, 4.69) is 0 Å². The summed E-state index contributed by atoms with van der Waals surface area (Å²) >= 11 is 0. The van der Waals surface area contributed by atoms with Gasteiger partial charge in [-0.2, -0.15) is 0 Å². The third-order valence-electron chi connectivity index (χ3n) is 2.72. The number of rotatable bonds is 0. The molecule has 0 amide bonds. The molecule has 102 valence electrons. The normalized spacial score (nSPS) is 9.80. The lowest BCUT2D eigenvalue weighted by molar-refractivity contribution is 0.404. The van der Waals surface area contributed by atoms with Crippen LogP contribution in [0.3, 0.4) is 0 Å². The van der Waals surface area contributed by atoms with Crippen molar-refractivity contribution in [1.82, 2.24) is 0 Å². The third-order valence-corrected chi connectivity index (χ3v) is 2.72. The Hall–Kier alpha value is -2.88. The van der Waals surface area contributed by atoms with Gasteiger partial charge in [0.05, 0.1) is 0 Å². The van der Waals surface area contributed by atoms with Gasteiger partial charge >= 0.3 is 0 Å². The van der Waals surface area contributed by atoms with Gasteiger partial charge in [0.2, 0.25) is 0 Å². The molecule has 0 saturated heterocycles. The lowest BCUT2D eigenvalue weighted by Gasteiger charge is -2.00. The van der Waals surface area contributed by atoms with E-state index in [4.69, 9.17) is 20.4 Å². The highest BCUT2D eigenvalue weighted by atomic mass is 16.3. The van der Waals surface area contributed by atoms with Crippen LogP contribution >= 0.6 is 0 Å². The first-order valence-corrected chi connectivity index (χ1v) is 5.95. The van der Waals surface area contributed by atoms with Crippen LogP contribution in [0.2, 0.25) is 0 Å². The van der Waals surface area contributed by atoms with Gasteiger partial charge < -0.3 is 20.4 Å². The Balaban J connectivity index is 0.000000160. The summed E-state index contributed by atoms with van der Waals surface area (Å²) in [6.07, 6.45) is 0. The zero-order valence-corrected chi connectivity index (χ0v) is 10.6. The van der Waals surface area contributed by atoms with Crippen molar-refractivity contribution in [2.24, 2.45) is 0 Å². The van der Waals surface area contributed by atoms with Crippen LogP contribution in [0.1, 0.15) is 0 Å². The predicted molar refractivity (Wildman–Crippen MR) is 77.0 cm³/mol. The Kier molecular flexibility index (Phi) is 3.96. The number of fused-ring (bicyclic) bond motifs is 1. The van der Waals surface area contributed by atoms with E-state index >= 15 is 0 Å². The molecule has 0 fully saturated rings. The minimum absolute atomic E-state index is 0.0753. The van der Waals surface area contributed by atoms with Crippen LogP contribution in [-0.2, 0) is 0 Å². The van der Waals surface area contributed by atoms with E-state index < -0.39 is 0 Å². The molecule has 4 heteroatoms. The van der Waals surface area contributed by atoms with E-state index in [1.807, 2.05) is 24.3 Å². The fourth-order valence-corrected chi connectivity index (χ4v) is 1.68. The third kappa shape index (κ3) is 3.11. The molecule has 0 unspecified atom stereocenters. The van der Waals surface area contributed by atoms with Gasteiger partial charge in [0.25, 0.3) is 0 Å². The van der Waals surface area contributed by atoms with E-state index in [9.17, 15) is 0 Å². The topological polar surface area (TPSA) is 80.9 Å². The smallest absolute Gasteiger partial charge is 0.158 e. The van der Waals surface area contributed by atoms with E-state index in [1.165, 1.54) is 12.1 Å². The van der Waals surface area contributed by atoms with E-state index in [0.717, 1.165) is 10.8 Å². The zero-order valence-electron chi connectivity index (χ0n) is 10.6. The average molecular weight is 270 g/mol. The summed E-state index contributed by atoms with van der Waals surface area (Å²) in [5.41, 5.74) is 0. The first-order valence-electron chi connectivity index (χ1n) is 5.95. The summed E-state index contributed by atoms with van der Waals surface area (Å²) in [6, 6.07) is 16.8. The Morgan fingerprint density at radius 2 is 0.800 bits per heavy atom. The molecule has 3 aromatic carbocycles. The molecule has 0 aliphatic carbocycles. The molecular weight excluding hydrogens is 256 g/mol. The summed E-state index contributed by atoms with van der Waals surface area (Å²) in [5.74, 6) is -0.303. The Labute approximate surface area is 115 Å². The number of para-hydroxylation sites is 2. The SMILES string of the molecule is Oc1cc2ccccc2cc1O.Oc1ccccc1O. The number of phenolic OH excluding ortho intramolecular Hbond substituents is 4. The maximum absolute atomic E-state index is 9.17. The molecule has 0 aliphatic heterocycles. The zero-order chi connectivity index (χ0) is 14.5. The Bertz CT molecular complexity index is 661. The van der Waals surface area contributed by atoms with Crippen LogP contribution in [0.25, 0.3) is 10.8 Å². The van der Waals surface area contributed by atoms with Crippen molar-refractivity contribution < 1.29 is 20.4 Å². The summed E-state index contributed by atoms with van der Waals surface area (Å²) in [5, 5.41) is 37.5. The van der Waals surface area contributed by atoms with Gasteiger partial charge in [-0.05, 0) is 35.0 Å². The number of benzene rings is 3. The van der Waals surface area contributed by atoms with Gasteiger partial charge in [-0.25, -0.2) is 0 Å². The van der Waals surface area contributed by atoms with E-state index in [0.29, 0.717) is 0 Å². The molecule has 3 rings (SSSR count). The standard InChI is InChI=1S/C10H8O2.C6H6O2/c11-9-5-7-3-1-2-4-8(7)6-10(9)12;7-5-3-1-2-4-6(5)8/h1-6,11-12H;1-4,7-8H. The minimum atomic E-state index is -0.0764. The second-order valence-corrected chi connectivity index (χ2v) is 4.18. The number of hydrogen-bond acceptors (Lipinski definition) is 4. The molecule has 0 radical (unpaired) electrons. The highest BCUT2D eigenvalue weighted by Crippen LogP contribution is 2.29. The lowest BCUT2D eigenvalue weighted by atomic mass is 10.1. The quantitative estimate of drug-likeness (QED) is 0.472. The van der Waals surface area contributed by atoms with Crippen molar-refractivity contribution in [2.75, 3.05) is 0 Å². The molecule has 4 nitrogen and oxygen atoms in total. The van der Waals surface area contributed by atoms with Gasteiger partial charge in [-0.1, -0.05) is 36.4 Å². The monoisotopic (exact) mass is 270 g/mol. The molecule has 0 heterocycles. The fourth-order valence-electron chi connectivity index (χ4n) is 1.68. The molecule has 3 aromatic rings. The molecule has 0 bridgehead atoms. The Morgan fingerprint density at radius 1 is 0.450 bits per heavy atom. The van der Waals surface area contributed by atoms with Crippen molar-refractivity contribution >= 4 is 10.8 Å². The Morgan fingerprint density at radius 3 is 1.15 bits per heavy atom. The van der Waals surface area contributed by atoms with Crippen molar-refractivity contribution in [2.45, 2.75) is 0 Å². The first-order chi connectivity index (χ1) is 9.58. The largest absolute Gasteiger partial charge is 0.504 e. The summed E-state index contributed by atoms with van der Waals surface area (Å²) < 4.78 is 0. The number of hydrogen-bond donors (Lipinski definition) is 4. The summed E-state index contributed by atoms with van der Waals surface area (Å²) in [6.45, 7) is 0. The average Bonchev–Trinajstić information content (AvgIpc) is 2.44. The van der Waals surface area contributed by atoms with Gasteiger partial charge in [-0.15, -0.1) is 0 Å². The van der Waals surface area contributed by atoms with Gasteiger partial charge in [0.15, 0.2) is 23.0 Å². The van der Waals surface area contributed by atoms with Crippen molar-refractivity contribution in [3.8, 4) is 23.0 Å². The highest BCUT2D eigenvalue weighted by molar-refractivity contribution is 5.85. The maximum atomic E-state index is 9.17. The first kappa shape index (κ1) is 13.5. The summed E-state index contributed by atoms with van der Waals surface area (Å²) in [7, 11) is 0. The molecule has 0 atom stereocenters. The van der Waals surface area contributed by atoms with Crippen LogP contribution in [0.4, 0.5) is 0 Å². The molecule has 4 N–H and O–H groups in total. The van der Waals surface area contributed by atoms with Crippen molar-refractivity contribution in [1.29, 1.82) is 0 Å². The maximum Gasteiger partial charge on any atom is 0.158 e. The van der Waals surface area contributed by atoms with Crippen molar-refractivity contribution in [3.63, 3.8) is 0 Å². The number of phenols is 4. The lowest BCUT2D eigenvalue weighted by Crippen LogP contribution is -1.72. The van der Waals surface area contributed by atoms with Crippen LogP contribution in [0.5, 0.6) is 23.0 Å². The molecule has 0 aromatic heterocycles. The minimum Gasteiger partial charge on any atom is -0.504 e. The van der Waals surface area contributed by atoms with Crippen LogP contribution < -0.4 is 0 Å². The van der Waals surface area contributed by atoms with Crippen LogP contribution in [-0.4, -0.2) is 20.4 Å². The molecule has 0 aliphatic rings. The second-order valence-electron chi connectivity index (χ2n) is 4.18. The second kappa shape index (κ2) is 5.84. The van der Waals surface area contributed by atoms with Crippen LogP contribution in [0.15, 0.2) is 60.7 Å². The van der Waals surface area contributed by atoms with Gasteiger partial charge in [0, 0.05) is 0 Å². The van der Waals surface area contributed by atoms with Crippen LogP contribution in [0, 0.1) is 0 Å². The van der Waals surface area contributed by atoms with Gasteiger partial charge in [-0.3, -0.25) is 0 Å². The fraction of sp³-hybridized carbons (Fsp3) is 0. The van der Waals surface area contributed by atoms with Gasteiger partial charge in [0.1, 0.15) is 0 Å². The molecule has 0 spiro atoms. The molecule has 0 saturated carbocycles. The summed E-state index contributed by atoms with van der Waals surface area (Å²) in [4.78, 5) is 0. The van der Waals surface area contributed by atoms with E-state index in [1.54, 1.807) is 24.3 Å². The highest BCUT2D eigenvalue weighted by Gasteiger charge is 1.99. The van der Waals surface area contributed by atoms with E-state index in [-0.39, 0.29) is 23.0 Å². The predicted octanol–water partition coefficient (Wildman–Crippen LogP) is 3.35.